The van der Waals surface area contributed by atoms with Crippen LogP contribution in [0.25, 0.3) is 10.9 Å². The molecule has 0 fully saturated rings. The highest BCUT2D eigenvalue weighted by molar-refractivity contribution is 9.08. The number of hydrogen-bond donors (Lipinski definition) is 0. The van der Waals surface area contributed by atoms with E-state index in [4.69, 9.17) is 0 Å². The highest BCUT2D eigenvalue weighted by Gasteiger charge is 2.11. The molecular weight excluding hydrogens is 322 g/mol. The zero-order valence-corrected chi connectivity index (χ0v) is 11.1. The lowest BCUT2D eigenvalue weighted by molar-refractivity contribution is -0.577. The van der Waals surface area contributed by atoms with E-state index in [1.54, 1.807) is 6.07 Å². The third kappa shape index (κ3) is 1.88. The van der Waals surface area contributed by atoms with Crippen molar-refractivity contribution >= 4 is 42.8 Å². The summed E-state index contributed by atoms with van der Waals surface area (Å²) < 4.78 is 0.929. The summed E-state index contributed by atoms with van der Waals surface area (Å²) in [5.74, 6) is 0. The van der Waals surface area contributed by atoms with Crippen molar-refractivity contribution in [1.82, 2.24) is 0 Å². The van der Waals surface area contributed by atoms with Gasteiger partial charge < -0.3 is 5.21 Å². The number of hydrogen-bond acceptors (Lipinski definition) is 1. The Morgan fingerprint density at radius 2 is 1.73 bits per heavy atom. The monoisotopic (exact) mass is 329 g/mol. The lowest BCUT2D eigenvalue weighted by Crippen LogP contribution is -2.27. The minimum atomic E-state index is 0.693. The first-order valence-corrected chi connectivity index (χ1v) is 6.76. The Kier molecular flexibility index (Phi) is 3.26. The normalized spacial score (nSPS) is 10.8. The second-order valence-corrected chi connectivity index (χ2v) is 4.37. The maximum atomic E-state index is 11.7. The predicted octanol–water partition coefficient (Wildman–Crippen LogP) is 3.26. The summed E-state index contributed by atoms with van der Waals surface area (Å²) in [5, 5.41) is 14.2. The average molecular weight is 331 g/mol. The molecule has 0 saturated carbocycles. The summed E-state index contributed by atoms with van der Waals surface area (Å²) in [4.78, 5) is 0. The molecule has 0 aliphatic carbocycles. The lowest BCUT2D eigenvalue weighted by Gasteiger charge is -2.07. The van der Waals surface area contributed by atoms with E-state index in [0.717, 1.165) is 32.1 Å². The van der Waals surface area contributed by atoms with Crippen molar-refractivity contribution in [2.75, 3.05) is 0 Å². The van der Waals surface area contributed by atoms with Crippen molar-refractivity contribution in [2.45, 2.75) is 10.7 Å². The van der Waals surface area contributed by atoms with Gasteiger partial charge in [-0.25, -0.2) is 0 Å². The van der Waals surface area contributed by atoms with Crippen molar-refractivity contribution in [3.63, 3.8) is 0 Å². The number of pyridine rings is 1. The maximum absolute atomic E-state index is 11.7. The number of benzene rings is 1. The smallest absolute Gasteiger partial charge is 0.228 e. The van der Waals surface area contributed by atoms with Crippen LogP contribution in [0.2, 0.25) is 0 Å². The van der Waals surface area contributed by atoms with Gasteiger partial charge in [0.15, 0.2) is 6.20 Å². The van der Waals surface area contributed by atoms with Crippen LogP contribution >= 0.6 is 31.9 Å². The first kappa shape index (κ1) is 10.9. The highest BCUT2D eigenvalue weighted by atomic mass is 79.9. The first-order chi connectivity index (χ1) is 7.27. The van der Waals surface area contributed by atoms with Gasteiger partial charge in [0.1, 0.15) is 0 Å². The summed E-state index contributed by atoms with van der Waals surface area (Å²) in [7, 11) is 0. The van der Waals surface area contributed by atoms with E-state index in [-0.39, 0.29) is 0 Å². The summed E-state index contributed by atoms with van der Waals surface area (Å²) in [5.41, 5.74) is 2.91. The summed E-state index contributed by atoms with van der Waals surface area (Å²) in [6, 6.07) is 7.79. The molecule has 1 heterocycles. The molecule has 1 aromatic heterocycles. The standard InChI is InChI=1S/C11H9Br2NO/c12-6-8-3-4-9(7-13)11-10(8)2-1-5-14(11)15/h1-5H,6-7H2. The Balaban J connectivity index is 2.86. The van der Waals surface area contributed by atoms with E-state index >= 15 is 0 Å². The van der Waals surface area contributed by atoms with Crippen LogP contribution in [-0.4, -0.2) is 0 Å². The van der Waals surface area contributed by atoms with Gasteiger partial charge in [0.05, 0.1) is 5.39 Å². The number of alkyl halides is 2. The summed E-state index contributed by atoms with van der Waals surface area (Å²) >= 11 is 6.82. The molecule has 4 heteroatoms. The van der Waals surface area contributed by atoms with Crippen LogP contribution < -0.4 is 4.73 Å². The van der Waals surface area contributed by atoms with E-state index in [9.17, 15) is 5.21 Å². The zero-order chi connectivity index (χ0) is 10.8. The van der Waals surface area contributed by atoms with Gasteiger partial charge in [-0.15, -0.1) is 0 Å². The van der Waals surface area contributed by atoms with Crippen molar-refractivity contribution in [3.8, 4) is 0 Å². The number of aromatic nitrogens is 1. The fraction of sp³-hybridized carbons (Fsp3) is 0.182. The molecule has 0 aliphatic rings. The fourth-order valence-corrected chi connectivity index (χ4v) is 2.60. The Morgan fingerprint density at radius 3 is 2.40 bits per heavy atom. The minimum absolute atomic E-state index is 0.693. The van der Waals surface area contributed by atoms with E-state index in [0.29, 0.717) is 5.33 Å². The van der Waals surface area contributed by atoms with Crippen LogP contribution in [0.3, 0.4) is 0 Å². The molecule has 0 atom stereocenters. The molecule has 0 saturated heterocycles. The van der Waals surface area contributed by atoms with Crippen LogP contribution in [0.1, 0.15) is 11.1 Å². The summed E-state index contributed by atoms with van der Waals surface area (Å²) in [6.07, 6.45) is 1.53. The Labute approximate surface area is 105 Å². The Hall–Kier alpha value is -0.610. The van der Waals surface area contributed by atoms with Crippen LogP contribution in [0, 0.1) is 5.21 Å². The molecule has 78 valence electrons. The lowest BCUT2D eigenvalue weighted by atomic mass is 10.1. The molecule has 2 aromatic rings. The van der Waals surface area contributed by atoms with Gasteiger partial charge in [0, 0.05) is 22.3 Å². The maximum Gasteiger partial charge on any atom is 0.228 e. The Morgan fingerprint density at radius 1 is 1.07 bits per heavy atom. The van der Waals surface area contributed by atoms with E-state index in [2.05, 4.69) is 31.9 Å². The average Bonchev–Trinajstić information content (AvgIpc) is 2.28. The second kappa shape index (κ2) is 4.49. The minimum Gasteiger partial charge on any atom is -0.618 e. The first-order valence-electron chi connectivity index (χ1n) is 4.52. The second-order valence-electron chi connectivity index (χ2n) is 3.25. The number of halogens is 2. The van der Waals surface area contributed by atoms with Crippen molar-refractivity contribution in [3.05, 3.63) is 46.8 Å². The number of nitrogens with zero attached hydrogens (tertiary/aromatic N) is 1. The van der Waals surface area contributed by atoms with Gasteiger partial charge in [0.2, 0.25) is 5.52 Å². The van der Waals surface area contributed by atoms with Gasteiger partial charge in [-0.1, -0.05) is 44.0 Å². The molecule has 2 rings (SSSR count). The van der Waals surface area contributed by atoms with Crippen molar-refractivity contribution in [1.29, 1.82) is 0 Å². The van der Waals surface area contributed by atoms with Gasteiger partial charge in [0.25, 0.3) is 0 Å². The van der Waals surface area contributed by atoms with Crippen molar-refractivity contribution < 1.29 is 4.73 Å². The third-order valence-corrected chi connectivity index (χ3v) is 3.59. The van der Waals surface area contributed by atoms with E-state index in [1.807, 2.05) is 18.2 Å². The van der Waals surface area contributed by atoms with Crippen LogP contribution in [0.4, 0.5) is 0 Å². The molecule has 0 spiro atoms. The topological polar surface area (TPSA) is 26.9 Å². The number of rotatable bonds is 2. The third-order valence-electron chi connectivity index (χ3n) is 2.38. The Bertz CT molecular complexity index is 499. The quantitative estimate of drug-likeness (QED) is 0.471. The van der Waals surface area contributed by atoms with Crippen LogP contribution in [0.15, 0.2) is 30.5 Å². The van der Waals surface area contributed by atoms with Gasteiger partial charge in [-0.3, -0.25) is 0 Å². The fourth-order valence-electron chi connectivity index (χ4n) is 1.66. The van der Waals surface area contributed by atoms with Crippen LogP contribution in [-0.2, 0) is 10.7 Å². The molecule has 2 nitrogen and oxygen atoms in total. The molecule has 0 N–H and O–H groups in total. The number of fused-ring (bicyclic) bond motifs is 1. The van der Waals surface area contributed by atoms with E-state index < -0.39 is 0 Å². The van der Waals surface area contributed by atoms with Crippen molar-refractivity contribution in [2.24, 2.45) is 0 Å². The SMILES string of the molecule is [O-][n+]1cccc2c(CBr)ccc(CBr)c21. The molecule has 1 aromatic carbocycles. The van der Waals surface area contributed by atoms with Crippen LogP contribution in [0.5, 0.6) is 0 Å². The highest BCUT2D eigenvalue weighted by Crippen LogP contribution is 2.23. The molecular formula is C11H9Br2NO. The molecule has 0 aliphatic heterocycles. The predicted molar refractivity (Wildman–Crippen MR) is 68.2 cm³/mol. The molecule has 15 heavy (non-hydrogen) atoms. The molecule has 0 amide bonds. The van der Waals surface area contributed by atoms with E-state index in [1.165, 1.54) is 6.20 Å². The van der Waals surface area contributed by atoms with Gasteiger partial charge in [-0.05, 0) is 11.6 Å². The van der Waals surface area contributed by atoms with Gasteiger partial charge >= 0.3 is 0 Å². The van der Waals surface area contributed by atoms with Gasteiger partial charge in [-0.2, -0.15) is 4.73 Å². The molecule has 0 radical (unpaired) electrons. The zero-order valence-electron chi connectivity index (χ0n) is 7.91. The summed E-state index contributed by atoms with van der Waals surface area (Å²) in [6.45, 7) is 0. The molecule has 0 unspecified atom stereocenters. The largest absolute Gasteiger partial charge is 0.618 e. The molecule has 0 bridgehead atoms.